The summed E-state index contributed by atoms with van der Waals surface area (Å²) in [4.78, 5) is 12.4. The Bertz CT molecular complexity index is 687. The molecule has 3 N–H and O–H groups in total. The van der Waals surface area contributed by atoms with Crippen LogP contribution in [-0.2, 0) is 15.1 Å². The van der Waals surface area contributed by atoms with Gasteiger partial charge in [-0.25, -0.2) is 0 Å². The molecule has 1 aliphatic heterocycles. The molecular weight excluding hydrogens is 280 g/mol. The van der Waals surface area contributed by atoms with E-state index in [4.69, 9.17) is 4.74 Å². The number of carbonyl (C=O) groups is 1. The summed E-state index contributed by atoms with van der Waals surface area (Å²) < 4.78 is 5.51. The Hall–Kier alpha value is -1.92. The molecule has 1 aromatic carbocycles. The minimum absolute atomic E-state index is 0.104. The number of carbonyl (C=O) groups excluding carboxylic acids is 1. The lowest BCUT2D eigenvalue weighted by Crippen LogP contribution is -2.52. The van der Waals surface area contributed by atoms with E-state index in [1.165, 1.54) is 0 Å². The van der Waals surface area contributed by atoms with Gasteiger partial charge in [-0.15, -0.1) is 0 Å². The van der Waals surface area contributed by atoms with Gasteiger partial charge in [0.1, 0.15) is 6.10 Å². The van der Waals surface area contributed by atoms with Crippen LogP contribution in [0.5, 0.6) is 0 Å². The molecule has 2 aromatic rings. The fourth-order valence-corrected chi connectivity index (χ4v) is 2.84. The van der Waals surface area contributed by atoms with Gasteiger partial charge >= 0.3 is 0 Å². The third-order valence-corrected chi connectivity index (χ3v) is 4.07. The third kappa shape index (κ3) is 2.71. The molecule has 6 heteroatoms. The van der Waals surface area contributed by atoms with Crippen LogP contribution in [0.2, 0.25) is 0 Å². The molecule has 118 valence electrons. The predicted molar refractivity (Wildman–Crippen MR) is 84.6 cm³/mol. The maximum absolute atomic E-state index is 12.4. The number of aromatic amines is 1. The number of H-pyrrole nitrogens is 1. The predicted octanol–water partition coefficient (Wildman–Crippen LogP) is 1.21. The van der Waals surface area contributed by atoms with Gasteiger partial charge < -0.3 is 15.4 Å². The van der Waals surface area contributed by atoms with E-state index in [2.05, 4.69) is 20.8 Å². The smallest absolute Gasteiger partial charge is 0.251 e. The summed E-state index contributed by atoms with van der Waals surface area (Å²) in [5.74, 6) is -0.104. The number of nitrogens with one attached hydrogen (secondary N) is 3. The van der Waals surface area contributed by atoms with E-state index in [0.29, 0.717) is 13.2 Å². The first-order valence-electron chi connectivity index (χ1n) is 7.57. The van der Waals surface area contributed by atoms with Gasteiger partial charge in [0.25, 0.3) is 5.91 Å². The Kier molecular flexibility index (Phi) is 3.88. The monoisotopic (exact) mass is 302 g/mol. The molecule has 0 bridgehead atoms. The highest BCUT2D eigenvalue weighted by atomic mass is 16.5. The number of rotatable bonds is 3. The molecule has 0 aliphatic carbocycles. The Morgan fingerprint density at radius 3 is 3.00 bits per heavy atom. The molecule has 3 rings (SSSR count). The average molecular weight is 302 g/mol. The number of nitrogens with zero attached hydrogens (tertiary/aromatic N) is 1. The van der Waals surface area contributed by atoms with Crippen molar-refractivity contribution in [2.75, 3.05) is 19.7 Å². The molecule has 0 spiro atoms. The van der Waals surface area contributed by atoms with E-state index in [0.717, 1.165) is 28.7 Å². The molecule has 6 nitrogen and oxygen atoms in total. The van der Waals surface area contributed by atoms with Crippen molar-refractivity contribution in [3.05, 3.63) is 29.5 Å². The fraction of sp³-hybridized carbons (Fsp3) is 0.500. The lowest BCUT2D eigenvalue weighted by Gasteiger charge is -2.30. The molecule has 22 heavy (non-hydrogen) atoms. The minimum atomic E-state index is -0.555. The molecule has 1 amide bonds. The number of ether oxygens (including phenoxy) is 1. The normalized spacial score (nSPS) is 19.3. The second-order valence-corrected chi connectivity index (χ2v) is 6.25. The van der Waals surface area contributed by atoms with E-state index in [9.17, 15) is 4.79 Å². The molecule has 1 aromatic heterocycles. The van der Waals surface area contributed by atoms with Gasteiger partial charge in [-0.3, -0.25) is 9.89 Å². The van der Waals surface area contributed by atoms with Gasteiger partial charge in [0.05, 0.1) is 23.4 Å². The van der Waals surface area contributed by atoms with Crippen molar-refractivity contribution in [3.8, 4) is 0 Å². The minimum Gasteiger partial charge on any atom is -0.366 e. The van der Waals surface area contributed by atoms with Crippen LogP contribution in [0.1, 0.15) is 25.1 Å². The third-order valence-electron chi connectivity index (χ3n) is 4.07. The molecule has 0 saturated carbocycles. The number of hydrogen-bond donors (Lipinski definition) is 3. The molecule has 1 fully saturated rings. The van der Waals surface area contributed by atoms with E-state index in [1.54, 1.807) is 0 Å². The van der Waals surface area contributed by atoms with Crippen LogP contribution < -0.4 is 10.6 Å². The highest BCUT2D eigenvalue weighted by molar-refractivity contribution is 5.87. The SMILES string of the molecule is Cc1cccc2c(C(C)(C)NC(=O)[C@@H]3CNCCO3)[nH]nc12. The van der Waals surface area contributed by atoms with Crippen LogP contribution in [0, 0.1) is 6.92 Å². The number of morpholine rings is 1. The maximum atomic E-state index is 12.4. The summed E-state index contributed by atoms with van der Waals surface area (Å²) >= 11 is 0. The van der Waals surface area contributed by atoms with Crippen molar-refractivity contribution in [3.63, 3.8) is 0 Å². The average Bonchev–Trinajstić information content (AvgIpc) is 2.94. The lowest BCUT2D eigenvalue weighted by molar-refractivity contribution is -0.136. The van der Waals surface area contributed by atoms with Crippen LogP contribution in [0.3, 0.4) is 0 Å². The Balaban J connectivity index is 1.84. The maximum Gasteiger partial charge on any atom is 0.251 e. The van der Waals surface area contributed by atoms with Crippen LogP contribution in [0.25, 0.3) is 10.9 Å². The van der Waals surface area contributed by atoms with Crippen molar-refractivity contribution in [1.82, 2.24) is 20.8 Å². The topological polar surface area (TPSA) is 79.0 Å². The second-order valence-electron chi connectivity index (χ2n) is 6.25. The van der Waals surface area contributed by atoms with Crippen molar-refractivity contribution in [2.45, 2.75) is 32.4 Å². The lowest BCUT2D eigenvalue weighted by atomic mass is 9.96. The zero-order chi connectivity index (χ0) is 15.7. The molecule has 1 saturated heterocycles. The van der Waals surface area contributed by atoms with E-state index in [1.807, 2.05) is 39.0 Å². The second kappa shape index (κ2) is 5.70. The Morgan fingerprint density at radius 2 is 2.27 bits per heavy atom. The standard InChI is InChI=1S/C16H22N4O2/c1-10-5-4-6-11-13(10)19-20-14(11)16(2,3)18-15(21)12-9-17-7-8-22-12/h4-6,12,17H,7-9H2,1-3H3,(H,18,21)(H,19,20)/t12-/m0/s1. The van der Waals surface area contributed by atoms with Crippen LogP contribution in [0.4, 0.5) is 0 Å². The van der Waals surface area contributed by atoms with E-state index < -0.39 is 11.6 Å². The molecule has 2 heterocycles. The first-order valence-corrected chi connectivity index (χ1v) is 7.57. The van der Waals surface area contributed by atoms with Crippen LogP contribution in [0.15, 0.2) is 18.2 Å². The fourth-order valence-electron chi connectivity index (χ4n) is 2.84. The summed E-state index contributed by atoms with van der Waals surface area (Å²) in [5, 5.41) is 14.7. The van der Waals surface area contributed by atoms with Gasteiger partial charge in [-0.1, -0.05) is 18.2 Å². The van der Waals surface area contributed by atoms with Crippen LogP contribution in [-0.4, -0.2) is 41.9 Å². The number of fused-ring (bicyclic) bond motifs is 1. The first-order chi connectivity index (χ1) is 10.5. The molecule has 1 aliphatic rings. The number of amides is 1. The molecule has 1 atom stereocenters. The largest absolute Gasteiger partial charge is 0.366 e. The highest BCUT2D eigenvalue weighted by Crippen LogP contribution is 2.27. The summed E-state index contributed by atoms with van der Waals surface area (Å²) in [6.07, 6.45) is -0.441. The summed E-state index contributed by atoms with van der Waals surface area (Å²) in [6.45, 7) is 7.86. The molecule has 0 unspecified atom stereocenters. The highest BCUT2D eigenvalue weighted by Gasteiger charge is 2.31. The quantitative estimate of drug-likeness (QED) is 0.796. The number of aryl methyl sites for hydroxylation is 1. The summed E-state index contributed by atoms with van der Waals surface area (Å²) in [6, 6.07) is 6.05. The Morgan fingerprint density at radius 1 is 1.45 bits per heavy atom. The summed E-state index contributed by atoms with van der Waals surface area (Å²) in [7, 11) is 0. The van der Waals surface area contributed by atoms with Crippen molar-refractivity contribution < 1.29 is 9.53 Å². The van der Waals surface area contributed by atoms with E-state index in [-0.39, 0.29) is 5.91 Å². The number of hydrogen-bond acceptors (Lipinski definition) is 4. The van der Waals surface area contributed by atoms with Gasteiger partial charge in [-0.2, -0.15) is 5.10 Å². The van der Waals surface area contributed by atoms with Crippen molar-refractivity contribution >= 4 is 16.8 Å². The molecule has 0 radical (unpaired) electrons. The van der Waals surface area contributed by atoms with Crippen molar-refractivity contribution in [1.29, 1.82) is 0 Å². The summed E-state index contributed by atoms with van der Waals surface area (Å²) in [5.41, 5.74) is 2.40. The molecular formula is C16H22N4O2. The van der Waals surface area contributed by atoms with Gasteiger partial charge in [0.2, 0.25) is 0 Å². The van der Waals surface area contributed by atoms with Gasteiger partial charge in [0, 0.05) is 18.5 Å². The van der Waals surface area contributed by atoms with E-state index >= 15 is 0 Å². The van der Waals surface area contributed by atoms with Crippen molar-refractivity contribution in [2.24, 2.45) is 0 Å². The van der Waals surface area contributed by atoms with Crippen LogP contribution >= 0.6 is 0 Å². The van der Waals surface area contributed by atoms with Gasteiger partial charge in [0.15, 0.2) is 0 Å². The van der Waals surface area contributed by atoms with Gasteiger partial charge in [-0.05, 0) is 26.3 Å². The zero-order valence-electron chi connectivity index (χ0n) is 13.2. The zero-order valence-corrected chi connectivity index (χ0v) is 13.2. The Labute approximate surface area is 129 Å². The number of para-hydroxylation sites is 1. The number of aromatic nitrogens is 2. The first kappa shape index (κ1) is 15.0. The number of benzene rings is 1.